The highest BCUT2D eigenvalue weighted by molar-refractivity contribution is 7.99. The maximum atomic E-state index is 13.3. The molecule has 1 aliphatic rings. The predicted molar refractivity (Wildman–Crippen MR) is 149 cm³/mol. The molecule has 2 aromatic rings. The van der Waals surface area contributed by atoms with Crippen molar-refractivity contribution in [3.8, 4) is 5.75 Å². The lowest BCUT2D eigenvalue weighted by Crippen LogP contribution is -2.46. The molecule has 0 spiro atoms. The Kier molecular flexibility index (Phi) is 12.2. The minimum absolute atomic E-state index is 0.0257. The third kappa shape index (κ3) is 9.53. The van der Waals surface area contributed by atoms with Gasteiger partial charge in [-0.3, -0.25) is 9.69 Å². The van der Waals surface area contributed by atoms with E-state index in [1.807, 2.05) is 48.2 Å². The summed E-state index contributed by atoms with van der Waals surface area (Å²) in [6, 6.07) is 16.1. The first-order valence-corrected chi connectivity index (χ1v) is 14.6. The lowest BCUT2D eigenvalue weighted by Gasteiger charge is -2.29. The number of urea groups is 1. The Bertz CT molecular complexity index is 941. The van der Waals surface area contributed by atoms with Gasteiger partial charge < -0.3 is 10.1 Å². The van der Waals surface area contributed by atoms with Gasteiger partial charge in [0.1, 0.15) is 5.75 Å². The first kappa shape index (κ1) is 28.1. The summed E-state index contributed by atoms with van der Waals surface area (Å²) < 4.78 is 5.36. The maximum Gasteiger partial charge on any atom is 0.322 e. The molecule has 3 rings (SSSR count). The van der Waals surface area contributed by atoms with Crippen LogP contribution in [0.1, 0.15) is 90.9 Å². The Morgan fingerprint density at radius 3 is 2.39 bits per heavy atom. The second kappa shape index (κ2) is 15.6. The highest BCUT2D eigenvalue weighted by atomic mass is 32.2. The van der Waals surface area contributed by atoms with Crippen molar-refractivity contribution in [1.29, 1.82) is 0 Å². The molecule has 0 unspecified atom stereocenters. The lowest BCUT2D eigenvalue weighted by molar-refractivity contribution is -0.134. The van der Waals surface area contributed by atoms with Crippen molar-refractivity contribution in [2.75, 3.05) is 11.4 Å². The van der Waals surface area contributed by atoms with E-state index in [4.69, 9.17) is 4.74 Å². The van der Waals surface area contributed by atoms with E-state index in [1.165, 1.54) is 38.5 Å². The van der Waals surface area contributed by atoms with Gasteiger partial charge >= 0.3 is 12.0 Å². The highest BCUT2D eigenvalue weighted by Crippen LogP contribution is 2.32. The summed E-state index contributed by atoms with van der Waals surface area (Å²) in [5.74, 6) is 0.368. The number of nitrogens with zero attached hydrogens (tertiary/aromatic N) is 1. The topological polar surface area (TPSA) is 58.6 Å². The highest BCUT2D eigenvalue weighted by Gasteiger charge is 2.21. The number of ether oxygens (including phenoxy) is 1. The smallest absolute Gasteiger partial charge is 0.322 e. The monoisotopic (exact) mass is 510 g/mol. The van der Waals surface area contributed by atoms with Gasteiger partial charge in [-0.2, -0.15) is 0 Å². The van der Waals surface area contributed by atoms with Crippen LogP contribution in [0.5, 0.6) is 5.75 Å². The summed E-state index contributed by atoms with van der Waals surface area (Å²) in [4.78, 5) is 29.1. The van der Waals surface area contributed by atoms with Gasteiger partial charge in [-0.15, -0.1) is 0 Å². The van der Waals surface area contributed by atoms with Crippen LogP contribution in [0.2, 0.25) is 0 Å². The normalized spacial score (nSPS) is 13.8. The number of carbonyl (C=O) groups excluding carboxylic acids is 2. The first-order chi connectivity index (χ1) is 17.6. The number of hydrogen-bond acceptors (Lipinski definition) is 4. The van der Waals surface area contributed by atoms with Crippen LogP contribution in [0.4, 0.5) is 10.5 Å². The lowest BCUT2D eigenvalue weighted by atomic mass is 9.96. The number of nitrogens with one attached hydrogen (secondary N) is 1. The minimum atomic E-state index is -0.202. The first-order valence-electron chi connectivity index (χ1n) is 13.8. The molecule has 1 aliphatic carbocycles. The number of unbranched alkanes of at least 4 members (excludes halogenated alkanes) is 4. The van der Waals surface area contributed by atoms with Crippen LogP contribution >= 0.6 is 11.8 Å². The van der Waals surface area contributed by atoms with Crippen LogP contribution < -0.4 is 15.0 Å². The van der Waals surface area contributed by atoms with Crippen molar-refractivity contribution in [1.82, 2.24) is 5.32 Å². The van der Waals surface area contributed by atoms with E-state index in [1.54, 1.807) is 11.8 Å². The average Bonchev–Trinajstić information content (AvgIpc) is 2.88. The number of hydrogen-bond donors (Lipinski definition) is 1. The Balaban J connectivity index is 1.67. The standard InChI is InChI=1S/C30H42N2O3S/c1-3-5-6-7-11-22-32(30(34)31-24-14-9-8-10-15-24)25-16-12-17-28(23-25)36-27-20-18-26(19-21-27)35-29(33)13-4-2/h12,16-21,23-24H,3-11,13-15,22H2,1-2H3,(H,31,34). The summed E-state index contributed by atoms with van der Waals surface area (Å²) in [7, 11) is 0. The fourth-order valence-electron chi connectivity index (χ4n) is 4.53. The van der Waals surface area contributed by atoms with Gasteiger partial charge in [-0.25, -0.2) is 4.79 Å². The molecule has 1 saturated carbocycles. The molecule has 1 N–H and O–H groups in total. The van der Waals surface area contributed by atoms with E-state index >= 15 is 0 Å². The molecule has 0 heterocycles. The molecule has 0 bridgehead atoms. The molecule has 0 saturated heterocycles. The molecular weight excluding hydrogens is 468 g/mol. The number of benzene rings is 2. The van der Waals surface area contributed by atoms with Gasteiger partial charge in [0.2, 0.25) is 0 Å². The quantitative estimate of drug-likeness (QED) is 0.167. The second-order valence-corrected chi connectivity index (χ2v) is 10.8. The Morgan fingerprint density at radius 2 is 1.67 bits per heavy atom. The number of esters is 1. The molecule has 2 amide bonds. The van der Waals surface area contributed by atoms with Gasteiger partial charge in [-0.1, -0.05) is 76.6 Å². The zero-order valence-electron chi connectivity index (χ0n) is 22.0. The zero-order valence-corrected chi connectivity index (χ0v) is 22.8. The Hall–Kier alpha value is -2.47. The van der Waals surface area contributed by atoms with E-state index in [2.05, 4.69) is 24.4 Å². The van der Waals surface area contributed by atoms with E-state index in [0.29, 0.717) is 12.2 Å². The maximum absolute atomic E-state index is 13.3. The van der Waals surface area contributed by atoms with Crippen molar-refractivity contribution in [2.24, 2.45) is 0 Å². The number of carbonyl (C=O) groups is 2. The van der Waals surface area contributed by atoms with E-state index in [0.717, 1.165) is 54.1 Å². The molecule has 2 aromatic carbocycles. The summed E-state index contributed by atoms with van der Waals surface area (Å²) in [5, 5.41) is 3.31. The van der Waals surface area contributed by atoms with Crippen molar-refractivity contribution in [3.63, 3.8) is 0 Å². The van der Waals surface area contributed by atoms with Crippen molar-refractivity contribution in [2.45, 2.75) is 107 Å². The van der Waals surface area contributed by atoms with E-state index in [9.17, 15) is 9.59 Å². The largest absolute Gasteiger partial charge is 0.427 e. The average molecular weight is 511 g/mol. The zero-order chi connectivity index (χ0) is 25.6. The van der Waals surface area contributed by atoms with Crippen LogP contribution in [0.3, 0.4) is 0 Å². The van der Waals surface area contributed by atoms with Crippen LogP contribution in [0.25, 0.3) is 0 Å². The number of rotatable bonds is 13. The van der Waals surface area contributed by atoms with E-state index < -0.39 is 0 Å². The molecule has 196 valence electrons. The second-order valence-electron chi connectivity index (χ2n) is 9.65. The predicted octanol–water partition coefficient (Wildman–Crippen LogP) is 8.36. The van der Waals surface area contributed by atoms with Crippen molar-refractivity contribution in [3.05, 3.63) is 48.5 Å². The Labute approximate surface area is 221 Å². The van der Waals surface area contributed by atoms with Crippen molar-refractivity contribution >= 4 is 29.4 Å². The molecule has 5 nitrogen and oxygen atoms in total. The molecule has 1 fully saturated rings. The fraction of sp³-hybridized carbons (Fsp3) is 0.533. The molecule has 0 aromatic heterocycles. The third-order valence-electron chi connectivity index (χ3n) is 6.54. The van der Waals surface area contributed by atoms with Gasteiger partial charge in [0.05, 0.1) is 0 Å². The molecular formula is C30H42N2O3S. The van der Waals surface area contributed by atoms with Gasteiger partial charge in [-0.05, 0) is 68.1 Å². The molecule has 36 heavy (non-hydrogen) atoms. The molecule has 6 heteroatoms. The van der Waals surface area contributed by atoms with Gasteiger partial charge in [0.25, 0.3) is 0 Å². The minimum Gasteiger partial charge on any atom is -0.427 e. The fourth-order valence-corrected chi connectivity index (χ4v) is 5.40. The number of anilines is 1. The molecule has 0 radical (unpaired) electrons. The van der Waals surface area contributed by atoms with Gasteiger partial charge in [0, 0.05) is 34.5 Å². The molecule has 0 aliphatic heterocycles. The van der Waals surface area contributed by atoms with E-state index in [-0.39, 0.29) is 18.0 Å². The Morgan fingerprint density at radius 1 is 0.917 bits per heavy atom. The van der Waals surface area contributed by atoms with Crippen LogP contribution in [-0.2, 0) is 4.79 Å². The van der Waals surface area contributed by atoms with Crippen molar-refractivity contribution < 1.29 is 14.3 Å². The number of amides is 2. The van der Waals surface area contributed by atoms with Gasteiger partial charge in [0.15, 0.2) is 0 Å². The van der Waals surface area contributed by atoms with Crippen LogP contribution in [0.15, 0.2) is 58.3 Å². The summed E-state index contributed by atoms with van der Waals surface area (Å²) in [6.07, 6.45) is 12.9. The molecule has 0 atom stereocenters. The SMILES string of the molecule is CCCCCCCN(C(=O)NC1CCCCC1)c1cccc(Sc2ccc(OC(=O)CCC)cc2)c1. The summed E-state index contributed by atoms with van der Waals surface area (Å²) >= 11 is 1.64. The van der Waals surface area contributed by atoms with Crippen LogP contribution in [-0.4, -0.2) is 24.6 Å². The van der Waals surface area contributed by atoms with Crippen LogP contribution in [0, 0.1) is 0 Å². The summed E-state index contributed by atoms with van der Waals surface area (Å²) in [5.41, 5.74) is 0.939. The third-order valence-corrected chi connectivity index (χ3v) is 7.54. The summed E-state index contributed by atoms with van der Waals surface area (Å²) in [6.45, 7) is 4.91.